The molecule has 0 bridgehead atoms. The monoisotopic (exact) mass is 284 g/mol. The summed E-state index contributed by atoms with van der Waals surface area (Å²) in [6, 6.07) is 14.1. The van der Waals surface area contributed by atoms with Crippen molar-refractivity contribution >= 4 is 22.5 Å². The first-order valence-electron chi connectivity index (χ1n) is 6.11. The molecule has 0 saturated heterocycles. The van der Waals surface area contributed by atoms with Crippen LogP contribution in [0, 0.1) is 17.1 Å². The Morgan fingerprint density at radius 3 is 2.80 bits per heavy atom. The molecule has 0 N–H and O–H groups in total. The standard InChI is InChI=1S/C16H10ClFN2/c17-14-2-1-3-15(18)13(14)10-20-7-6-12-5-4-11(9-19)8-16(12)20/h1-8H,10H2. The molecule has 0 amide bonds. The van der Waals surface area contributed by atoms with Crippen molar-refractivity contribution in [1.82, 2.24) is 4.57 Å². The largest absolute Gasteiger partial charge is 0.343 e. The van der Waals surface area contributed by atoms with Gasteiger partial charge in [0.1, 0.15) is 5.82 Å². The summed E-state index contributed by atoms with van der Waals surface area (Å²) in [4.78, 5) is 0. The highest BCUT2D eigenvalue weighted by Gasteiger charge is 2.09. The molecule has 0 radical (unpaired) electrons. The maximum absolute atomic E-state index is 13.8. The first-order valence-corrected chi connectivity index (χ1v) is 6.49. The molecule has 0 atom stereocenters. The molecular weight excluding hydrogens is 275 g/mol. The Balaban J connectivity index is 2.09. The van der Waals surface area contributed by atoms with Crippen molar-refractivity contribution in [3.63, 3.8) is 0 Å². The van der Waals surface area contributed by atoms with Crippen molar-refractivity contribution in [2.45, 2.75) is 6.54 Å². The van der Waals surface area contributed by atoms with E-state index in [0.29, 0.717) is 22.7 Å². The van der Waals surface area contributed by atoms with Crippen LogP contribution in [-0.4, -0.2) is 4.57 Å². The first-order chi connectivity index (χ1) is 9.69. The van der Waals surface area contributed by atoms with Gasteiger partial charge in [-0.15, -0.1) is 0 Å². The second-order valence-corrected chi connectivity index (χ2v) is 4.94. The van der Waals surface area contributed by atoms with Crippen molar-refractivity contribution in [3.8, 4) is 6.07 Å². The molecule has 3 aromatic rings. The fraction of sp³-hybridized carbons (Fsp3) is 0.0625. The van der Waals surface area contributed by atoms with Gasteiger partial charge < -0.3 is 4.57 Å². The second kappa shape index (κ2) is 4.99. The lowest BCUT2D eigenvalue weighted by atomic mass is 10.1. The van der Waals surface area contributed by atoms with E-state index in [1.165, 1.54) is 6.07 Å². The van der Waals surface area contributed by atoms with E-state index >= 15 is 0 Å². The smallest absolute Gasteiger partial charge is 0.129 e. The second-order valence-electron chi connectivity index (χ2n) is 4.53. The summed E-state index contributed by atoms with van der Waals surface area (Å²) in [5.74, 6) is -0.323. The number of hydrogen-bond acceptors (Lipinski definition) is 1. The summed E-state index contributed by atoms with van der Waals surface area (Å²) in [5, 5.41) is 10.4. The summed E-state index contributed by atoms with van der Waals surface area (Å²) in [6.07, 6.45) is 1.87. The van der Waals surface area contributed by atoms with Crippen LogP contribution < -0.4 is 0 Å². The van der Waals surface area contributed by atoms with Crippen LogP contribution in [0.2, 0.25) is 5.02 Å². The van der Waals surface area contributed by atoms with Crippen LogP contribution in [0.4, 0.5) is 4.39 Å². The van der Waals surface area contributed by atoms with Crippen LogP contribution in [0.15, 0.2) is 48.7 Å². The Morgan fingerprint density at radius 1 is 1.20 bits per heavy atom. The zero-order valence-corrected chi connectivity index (χ0v) is 11.2. The molecule has 0 aliphatic heterocycles. The lowest BCUT2D eigenvalue weighted by molar-refractivity contribution is 0.602. The molecule has 98 valence electrons. The van der Waals surface area contributed by atoms with Crippen LogP contribution in [0.3, 0.4) is 0 Å². The van der Waals surface area contributed by atoms with E-state index in [0.717, 1.165) is 10.9 Å². The normalized spacial score (nSPS) is 10.7. The number of rotatable bonds is 2. The Hall–Kier alpha value is -2.31. The van der Waals surface area contributed by atoms with Gasteiger partial charge in [-0.2, -0.15) is 5.26 Å². The lowest BCUT2D eigenvalue weighted by Gasteiger charge is -2.09. The average Bonchev–Trinajstić information content (AvgIpc) is 2.85. The quantitative estimate of drug-likeness (QED) is 0.687. The van der Waals surface area contributed by atoms with Crippen molar-refractivity contribution in [3.05, 3.63) is 70.6 Å². The molecule has 1 heterocycles. The SMILES string of the molecule is N#Cc1ccc2ccn(Cc3c(F)cccc3Cl)c2c1. The minimum absolute atomic E-state index is 0.323. The highest BCUT2D eigenvalue weighted by atomic mass is 35.5. The van der Waals surface area contributed by atoms with Crippen molar-refractivity contribution in [2.24, 2.45) is 0 Å². The van der Waals surface area contributed by atoms with Crippen LogP contribution in [-0.2, 0) is 6.54 Å². The number of nitriles is 1. The van der Waals surface area contributed by atoms with Gasteiger partial charge in [0, 0.05) is 22.3 Å². The summed E-state index contributed by atoms with van der Waals surface area (Å²) in [5.41, 5.74) is 1.93. The Morgan fingerprint density at radius 2 is 2.05 bits per heavy atom. The fourth-order valence-electron chi connectivity index (χ4n) is 2.25. The molecule has 4 heteroatoms. The van der Waals surface area contributed by atoms with Gasteiger partial charge in [0.05, 0.1) is 18.2 Å². The van der Waals surface area contributed by atoms with Gasteiger partial charge in [0.2, 0.25) is 0 Å². The third kappa shape index (κ3) is 2.15. The molecule has 0 unspecified atom stereocenters. The lowest BCUT2D eigenvalue weighted by Crippen LogP contribution is -2.01. The Labute approximate surface area is 120 Å². The third-order valence-electron chi connectivity index (χ3n) is 3.29. The number of fused-ring (bicyclic) bond motifs is 1. The van der Waals surface area contributed by atoms with Crippen molar-refractivity contribution in [2.75, 3.05) is 0 Å². The van der Waals surface area contributed by atoms with Gasteiger partial charge >= 0.3 is 0 Å². The number of nitrogens with zero attached hydrogens (tertiary/aromatic N) is 2. The van der Waals surface area contributed by atoms with Gasteiger partial charge in [-0.3, -0.25) is 0 Å². The zero-order valence-electron chi connectivity index (χ0n) is 10.5. The maximum Gasteiger partial charge on any atom is 0.129 e. The van der Waals surface area contributed by atoms with Gasteiger partial charge in [-0.05, 0) is 35.7 Å². The third-order valence-corrected chi connectivity index (χ3v) is 3.65. The van der Waals surface area contributed by atoms with E-state index in [2.05, 4.69) is 6.07 Å². The molecule has 2 aromatic carbocycles. The molecule has 0 spiro atoms. The summed E-state index contributed by atoms with van der Waals surface area (Å²) >= 11 is 6.05. The van der Waals surface area contributed by atoms with Gasteiger partial charge in [-0.25, -0.2) is 4.39 Å². The van der Waals surface area contributed by atoms with Crippen LogP contribution >= 0.6 is 11.6 Å². The number of halogens is 2. The van der Waals surface area contributed by atoms with E-state index < -0.39 is 0 Å². The van der Waals surface area contributed by atoms with E-state index in [1.54, 1.807) is 24.3 Å². The molecule has 2 nitrogen and oxygen atoms in total. The molecule has 3 rings (SSSR count). The van der Waals surface area contributed by atoms with E-state index in [9.17, 15) is 4.39 Å². The maximum atomic E-state index is 13.8. The number of aromatic nitrogens is 1. The average molecular weight is 285 g/mol. The predicted molar refractivity (Wildman–Crippen MR) is 77.2 cm³/mol. The highest BCUT2D eigenvalue weighted by Crippen LogP contribution is 2.23. The zero-order chi connectivity index (χ0) is 14.1. The summed E-state index contributed by atoms with van der Waals surface area (Å²) in [6.45, 7) is 0.337. The van der Waals surface area contributed by atoms with Gasteiger partial charge in [0.25, 0.3) is 0 Å². The minimum Gasteiger partial charge on any atom is -0.343 e. The number of hydrogen-bond donors (Lipinski definition) is 0. The molecule has 0 aliphatic carbocycles. The highest BCUT2D eigenvalue weighted by molar-refractivity contribution is 6.31. The van der Waals surface area contributed by atoms with Crippen LogP contribution in [0.1, 0.15) is 11.1 Å². The summed E-state index contributed by atoms with van der Waals surface area (Å²) < 4.78 is 15.7. The predicted octanol–water partition coefficient (Wildman–Crippen LogP) is 4.35. The fourth-order valence-corrected chi connectivity index (χ4v) is 2.47. The van der Waals surface area contributed by atoms with Crippen molar-refractivity contribution < 1.29 is 4.39 Å². The summed E-state index contributed by atoms with van der Waals surface area (Å²) in [7, 11) is 0. The molecular formula is C16H10ClFN2. The first kappa shape index (κ1) is 12.7. The van der Waals surface area contributed by atoms with Crippen LogP contribution in [0.25, 0.3) is 10.9 Å². The Bertz CT molecular complexity index is 810. The molecule has 20 heavy (non-hydrogen) atoms. The van der Waals surface area contributed by atoms with E-state index in [-0.39, 0.29) is 5.82 Å². The van der Waals surface area contributed by atoms with E-state index in [4.69, 9.17) is 16.9 Å². The van der Waals surface area contributed by atoms with Crippen molar-refractivity contribution in [1.29, 1.82) is 5.26 Å². The van der Waals surface area contributed by atoms with Gasteiger partial charge in [-0.1, -0.05) is 23.7 Å². The molecule has 1 aromatic heterocycles. The van der Waals surface area contributed by atoms with Gasteiger partial charge in [0.15, 0.2) is 0 Å². The van der Waals surface area contributed by atoms with E-state index in [1.807, 2.05) is 22.9 Å². The Kier molecular flexibility index (Phi) is 3.17. The number of benzene rings is 2. The molecule has 0 aliphatic rings. The molecule has 0 saturated carbocycles. The molecule has 0 fully saturated rings. The minimum atomic E-state index is -0.323. The topological polar surface area (TPSA) is 28.7 Å². The van der Waals surface area contributed by atoms with Crippen LogP contribution in [0.5, 0.6) is 0 Å².